The second-order valence-corrected chi connectivity index (χ2v) is 10.8. The molecule has 0 amide bonds. The predicted octanol–water partition coefficient (Wildman–Crippen LogP) is 7.78. The Labute approximate surface area is 157 Å². The van der Waals surface area contributed by atoms with Gasteiger partial charge in [-0.3, -0.25) is 0 Å². The molecule has 0 aromatic carbocycles. The largest absolute Gasteiger partial charge is 0.103 e. The second kappa shape index (κ2) is 7.05. The summed E-state index contributed by atoms with van der Waals surface area (Å²) in [5.41, 5.74) is 1.40. The number of rotatable bonds is 5. The van der Waals surface area contributed by atoms with E-state index in [-0.39, 0.29) is 0 Å². The Kier molecular flexibility index (Phi) is 5.11. The monoisotopic (exact) mass is 342 g/mol. The molecule has 0 heteroatoms. The van der Waals surface area contributed by atoms with Crippen LogP contribution >= 0.6 is 0 Å². The van der Waals surface area contributed by atoms with E-state index in [0.717, 1.165) is 29.6 Å². The van der Waals surface area contributed by atoms with Gasteiger partial charge in [-0.25, -0.2) is 0 Å². The van der Waals surface area contributed by atoms with E-state index in [0.29, 0.717) is 10.8 Å². The highest BCUT2D eigenvalue weighted by molar-refractivity contribution is 5.08. The molecule has 0 N–H and O–H groups in total. The lowest BCUT2D eigenvalue weighted by molar-refractivity contribution is -0.111. The van der Waals surface area contributed by atoms with Gasteiger partial charge in [0.2, 0.25) is 0 Å². The first kappa shape index (κ1) is 18.1. The lowest BCUT2D eigenvalue weighted by Gasteiger charge is -2.60. The number of fused-ring (bicyclic) bond motifs is 5. The molecular formula is C25H42. The molecule has 4 aliphatic rings. The van der Waals surface area contributed by atoms with Crippen LogP contribution in [0.25, 0.3) is 0 Å². The van der Waals surface area contributed by atoms with Crippen LogP contribution in [0.15, 0.2) is 12.7 Å². The molecule has 4 aliphatic carbocycles. The molecule has 4 saturated carbocycles. The fourth-order valence-corrected chi connectivity index (χ4v) is 8.56. The Bertz CT molecular complexity index is 478. The molecule has 0 spiro atoms. The maximum Gasteiger partial charge on any atom is -0.0266 e. The van der Waals surface area contributed by atoms with E-state index in [1.807, 2.05) is 0 Å². The standard InChI is InChI=1S/C25H42/c1-4-5-6-7-10-20-13-15-22-21-14-12-19-11-8-9-17-24(19,2)23(21)16-18-25(20,22)3/h4,19-23H,1,5-18H2,2-3H3. The molecule has 4 fully saturated rings. The van der Waals surface area contributed by atoms with E-state index in [1.165, 1.54) is 38.5 Å². The topological polar surface area (TPSA) is 0 Å². The Hall–Kier alpha value is -0.260. The van der Waals surface area contributed by atoms with Gasteiger partial charge in [0.05, 0.1) is 0 Å². The highest BCUT2D eigenvalue weighted by Gasteiger charge is 2.59. The van der Waals surface area contributed by atoms with Crippen molar-refractivity contribution in [1.82, 2.24) is 0 Å². The minimum atomic E-state index is 0.688. The van der Waals surface area contributed by atoms with Crippen molar-refractivity contribution in [3.8, 4) is 0 Å². The first-order chi connectivity index (χ1) is 12.1. The van der Waals surface area contributed by atoms with E-state index in [1.54, 1.807) is 51.4 Å². The van der Waals surface area contributed by atoms with Crippen LogP contribution in [-0.2, 0) is 0 Å². The molecule has 0 aliphatic heterocycles. The Morgan fingerprint density at radius 1 is 0.840 bits per heavy atom. The average Bonchev–Trinajstić information content (AvgIpc) is 2.95. The first-order valence-corrected chi connectivity index (χ1v) is 11.7. The number of hydrogen-bond donors (Lipinski definition) is 0. The zero-order valence-corrected chi connectivity index (χ0v) is 17.1. The molecule has 4 rings (SSSR count). The summed E-state index contributed by atoms with van der Waals surface area (Å²) in [6, 6.07) is 0. The third kappa shape index (κ3) is 2.94. The van der Waals surface area contributed by atoms with Crippen LogP contribution in [0.4, 0.5) is 0 Å². The van der Waals surface area contributed by atoms with Gasteiger partial charge >= 0.3 is 0 Å². The van der Waals surface area contributed by atoms with Crippen molar-refractivity contribution in [2.24, 2.45) is 40.4 Å². The smallest absolute Gasteiger partial charge is 0.0266 e. The molecule has 0 aromatic heterocycles. The molecule has 7 atom stereocenters. The van der Waals surface area contributed by atoms with E-state index >= 15 is 0 Å². The van der Waals surface area contributed by atoms with Crippen LogP contribution in [0.3, 0.4) is 0 Å². The maximum absolute atomic E-state index is 3.89. The normalized spacial score (nSPS) is 49.1. The molecule has 25 heavy (non-hydrogen) atoms. The highest BCUT2D eigenvalue weighted by Crippen LogP contribution is 2.67. The lowest BCUT2D eigenvalue weighted by atomic mass is 9.45. The quantitative estimate of drug-likeness (QED) is 0.353. The van der Waals surface area contributed by atoms with Crippen molar-refractivity contribution in [3.05, 3.63) is 12.7 Å². The van der Waals surface area contributed by atoms with Crippen molar-refractivity contribution in [2.45, 2.75) is 104 Å². The zero-order chi connectivity index (χ0) is 17.5. The van der Waals surface area contributed by atoms with Gasteiger partial charge in [0.1, 0.15) is 0 Å². The zero-order valence-electron chi connectivity index (χ0n) is 17.1. The summed E-state index contributed by atoms with van der Waals surface area (Å²) in [6.45, 7) is 9.33. The minimum Gasteiger partial charge on any atom is -0.103 e. The van der Waals surface area contributed by atoms with Gasteiger partial charge in [0.25, 0.3) is 0 Å². The van der Waals surface area contributed by atoms with Crippen LogP contribution < -0.4 is 0 Å². The van der Waals surface area contributed by atoms with Crippen LogP contribution in [0.2, 0.25) is 0 Å². The Morgan fingerprint density at radius 3 is 2.52 bits per heavy atom. The van der Waals surface area contributed by atoms with E-state index in [9.17, 15) is 0 Å². The van der Waals surface area contributed by atoms with Crippen LogP contribution in [0.1, 0.15) is 104 Å². The third-order valence-corrected chi connectivity index (χ3v) is 9.99. The third-order valence-electron chi connectivity index (χ3n) is 9.99. The molecule has 0 aromatic rings. The summed E-state index contributed by atoms with van der Waals surface area (Å²) < 4.78 is 0. The summed E-state index contributed by atoms with van der Waals surface area (Å²) in [6.07, 6.45) is 23.1. The van der Waals surface area contributed by atoms with Crippen molar-refractivity contribution in [2.75, 3.05) is 0 Å². The van der Waals surface area contributed by atoms with Crippen LogP contribution in [0, 0.1) is 40.4 Å². The number of allylic oxidation sites excluding steroid dienone is 1. The summed E-state index contributed by atoms with van der Waals surface area (Å²) >= 11 is 0. The van der Waals surface area contributed by atoms with Crippen molar-refractivity contribution in [3.63, 3.8) is 0 Å². The molecule has 0 heterocycles. The van der Waals surface area contributed by atoms with Gasteiger partial charge in [-0.1, -0.05) is 39.2 Å². The molecular weight excluding hydrogens is 300 g/mol. The summed E-state index contributed by atoms with van der Waals surface area (Å²) in [5.74, 6) is 5.32. The molecule has 142 valence electrons. The van der Waals surface area contributed by atoms with Gasteiger partial charge in [-0.2, -0.15) is 0 Å². The van der Waals surface area contributed by atoms with Crippen LogP contribution in [-0.4, -0.2) is 0 Å². The van der Waals surface area contributed by atoms with Gasteiger partial charge in [0.15, 0.2) is 0 Å². The van der Waals surface area contributed by atoms with Crippen molar-refractivity contribution < 1.29 is 0 Å². The van der Waals surface area contributed by atoms with E-state index in [4.69, 9.17) is 0 Å². The minimum absolute atomic E-state index is 0.688. The number of hydrogen-bond acceptors (Lipinski definition) is 0. The highest BCUT2D eigenvalue weighted by atomic mass is 14.6. The predicted molar refractivity (Wildman–Crippen MR) is 108 cm³/mol. The fourth-order valence-electron chi connectivity index (χ4n) is 8.56. The summed E-state index contributed by atoms with van der Waals surface area (Å²) in [5, 5.41) is 0. The van der Waals surface area contributed by atoms with Gasteiger partial charge in [0, 0.05) is 0 Å². The lowest BCUT2D eigenvalue weighted by Crippen LogP contribution is -2.52. The van der Waals surface area contributed by atoms with Crippen LogP contribution in [0.5, 0.6) is 0 Å². The first-order valence-electron chi connectivity index (χ1n) is 11.7. The van der Waals surface area contributed by atoms with Crippen molar-refractivity contribution >= 4 is 0 Å². The SMILES string of the molecule is C=CCCCCC1CCC2C3CCC4CCCCC4(C)C3CCC12C. The Balaban J connectivity index is 1.47. The second-order valence-electron chi connectivity index (χ2n) is 10.8. The van der Waals surface area contributed by atoms with Crippen molar-refractivity contribution in [1.29, 1.82) is 0 Å². The molecule has 0 nitrogen and oxygen atoms in total. The van der Waals surface area contributed by atoms with Gasteiger partial charge < -0.3 is 0 Å². The fraction of sp³-hybridized carbons (Fsp3) is 0.920. The van der Waals surface area contributed by atoms with Gasteiger partial charge in [-0.15, -0.1) is 6.58 Å². The summed E-state index contributed by atoms with van der Waals surface area (Å²) in [4.78, 5) is 0. The molecule has 0 saturated heterocycles. The number of unbranched alkanes of at least 4 members (excludes halogenated alkanes) is 2. The Morgan fingerprint density at radius 2 is 1.68 bits per heavy atom. The van der Waals surface area contributed by atoms with Gasteiger partial charge in [-0.05, 0) is 111 Å². The van der Waals surface area contributed by atoms with E-state index in [2.05, 4.69) is 26.5 Å². The average molecular weight is 343 g/mol. The maximum atomic E-state index is 3.89. The molecule has 0 bridgehead atoms. The van der Waals surface area contributed by atoms with E-state index < -0.39 is 0 Å². The summed E-state index contributed by atoms with van der Waals surface area (Å²) in [7, 11) is 0. The molecule has 7 unspecified atom stereocenters. The molecule has 0 radical (unpaired) electrons.